The topological polar surface area (TPSA) is 12.9 Å². The number of hydrogen-bond donors (Lipinski definition) is 0. The second-order valence-corrected chi connectivity index (χ2v) is 6.26. The maximum atomic E-state index is 14.5. The number of hydrogen-bond acceptors (Lipinski definition) is 1. The summed E-state index contributed by atoms with van der Waals surface area (Å²) in [7, 11) is 0. The molecule has 1 aromatic heterocycles. The molecule has 0 aliphatic carbocycles. The third kappa shape index (κ3) is 3.17. The van der Waals surface area contributed by atoms with Crippen LogP contribution in [0.1, 0.15) is 5.56 Å². The van der Waals surface area contributed by atoms with Crippen LogP contribution in [0.15, 0.2) is 39.5 Å². The number of aromatic nitrogens is 1. The van der Waals surface area contributed by atoms with Crippen LogP contribution in [0.3, 0.4) is 0 Å². The van der Waals surface area contributed by atoms with E-state index in [4.69, 9.17) is 0 Å². The molecule has 0 N–H and O–H groups in total. The second kappa shape index (κ2) is 6.29. The first-order valence-electron chi connectivity index (χ1n) is 6.04. The van der Waals surface area contributed by atoms with E-state index < -0.39 is 29.1 Å². The van der Waals surface area contributed by atoms with E-state index in [0.717, 1.165) is 12.4 Å². The van der Waals surface area contributed by atoms with Crippen molar-refractivity contribution in [3.05, 3.63) is 51.2 Å². The zero-order valence-corrected chi connectivity index (χ0v) is 14.4. The van der Waals surface area contributed by atoms with Crippen molar-refractivity contribution in [3.8, 4) is 11.1 Å². The van der Waals surface area contributed by atoms with Gasteiger partial charge in [-0.2, -0.15) is 26.3 Å². The molecule has 0 unspecified atom stereocenters. The second-order valence-electron chi connectivity index (χ2n) is 4.61. The molecule has 1 aromatic carbocycles. The summed E-state index contributed by atoms with van der Waals surface area (Å²) in [6.07, 6.45) is -10.1. The summed E-state index contributed by atoms with van der Waals surface area (Å²) in [5, 5.41) is 0. The highest BCUT2D eigenvalue weighted by Gasteiger charge is 2.74. The van der Waals surface area contributed by atoms with E-state index in [0.29, 0.717) is 6.07 Å². The average molecular weight is 480 g/mol. The molecule has 2 rings (SSSR count). The van der Waals surface area contributed by atoms with Gasteiger partial charge in [-0.1, -0.05) is 15.9 Å². The Labute approximate surface area is 148 Å². The molecular formula is C14H5Br2F7N. The van der Waals surface area contributed by atoms with Crippen molar-refractivity contribution < 1.29 is 30.7 Å². The van der Waals surface area contributed by atoms with Crippen LogP contribution in [0.25, 0.3) is 11.1 Å². The minimum absolute atomic E-state index is 0.0776. The Morgan fingerprint density at radius 1 is 0.875 bits per heavy atom. The predicted molar refractivity (Wildman–Crippen MR) is 78.8 cm³/mol. The highest BCUT2D eigenvalue weighted by atomic mass is 79.9. The van der Waals surface area contributed by atoms with Crippen molar-refractivity contribution in [1.29, 1.82) is 0 Å². The van der Waals surface area contributed by atoms with Gasteiger partial charge in [0.2, 0.25) is 0 Å². The molecule has 1 nitrogen and oxygen atoms in total. The number of halogens is 9. The molecular weight excluding hydrogens is 475 g/mol. The Hall–Kier alpha value is -1.16. The highest BCUT2D eigenvalue weighted by molar-refractivity contribution is 9.11. The fraction of sp³-hybridized carbons (Fsp3) is 0.214. The standard InChI is InChI=1S/C14H5Br2F7N/c15-8-5-9(12(17,13(18,19)20)14(21,22)23)11(10(16)6-8)7-1-3-24-4-2-7/h1-5H. The number of rotatable bonds is 2. The molecule has 0 aliphatic rings. The Morgan fingerprint density at radius 3 is 1.83 bits per heavy atom. The first kappa shape index (κ1) is 19.2. The lowest BCUT2D eigenvalue weighted by Gasteiger charge is -2.32. The molecule has 129 valence electrons. The van der Waals surface area contributed by atoms with Gasteiger partial charge in [0, 0.05) is 38.5 Å². The third-order valence-corrected chi connectivity index (χ3v) is 4.13. The van der Waals surface area contributed by atoms with Crippen molar-refractivity contribution in [1.82, 2.24) is 4.98 Å². The van der Waals surface area contributed by atoms with E-state index in [2.05, 4.69) is 42.9 Å². The number of benzene rings is 1. The van der Waals surface area contributed by atoms with Gasteiger partial charge in [-0.25, -0.2) is 4.39 Å². The summed E-state index contributed by atoms with van der Waals surface area (Å²) in [5.74, 6) is 0. The van der Waals surface area contributed by atoms with Crippen molar-refractivity contribution in [3.63, 3.8) is 0 Å². The van der Waals surface area contributed by atoms with Crippen LogP contribution in [0.2, 0.25) is 0 Å². The van der Waals surface area contributed by atoms with Crippen molar-refractivity contribution >= 4 is 31.9 Å². The minimum atomic E-state index is -6.22. The van der Waals surface area contributed by atoms with Crippen LogP contribution in [0, 0.1) is 6.07 Å². The normalized spacial score (nSPS) is 13.2. The molecule has 0 spiro atoms. The summed E-state index contributed by atoms with van der Waals surface area (Å²) in [6, 6.07) is 5.21. The van der Waals surface area contributed by atoms with E-state index in [1.165, 1.54) is 12.1 Å². The lowest BCUT2D eigenvalue weighted by atomic mass is 9.87. The quantitative estimate of drug-likeness (QED) is 0.456. The summed E-state index contributed by atoms with van der Waals surface area (Å²) >= 11 is 5.60. The molecule has 0 saturated heterocycles. The summed E-state index contributed by atoms with van der Waals surface area (Å²) in [4.78, 5) is 3.63. The Morgan fingerprint density at radius 2 is 1.38 bits per heavy atom. The first-order chi connectivity index (χ1) is 10.9. The van der Waals surface area contributed by atoms with E-state index in [9.17, 15) is 30.7 Å². The molecule has 0 atom stereocenters. The molecule has 10 heteroatoms. The van der Waals surface area contributed by atoms with Crippen LogP contribution in [-0.4, -0.2) is 17.3 Å². The number of pyridine rings is 1. The maximum absolute atomic E-state index is 14.5. The molecule has 0 saturated carbocycles. The van der Waals surface area contributed by atoms with E-state index in [1.54, 1.807) is 0 Å². The zero-order valence-electron chi connectivity index (χ0n) is 11.2. The molecule has 0 aliphatic heterocycles. The highest BCUT2D eigenvalue weighted by Crippen LogP contribution is 2.56. The zero-order chi connectivity index (χ0) is 18.3. The average Bonchev–Trinajstić information content (AvgIpc) is 2.44. The molecule has 0 amide bonds. The minimum Gasteiger partial charge on any atom is -0.265 e. The van der Waals surface area contributed by atoms with Crippen molar-refractivity contribution in [2.24, 2.45) is 0 Å². The van der Waals surface area contributed by atoms with Gasteiger partial charge in [0.05, 0.1) is 0 Å². The number of nitrogens with zero attached hydrogens (tertiary/aromatic N) is 1. The van der Waals surface area contributed by atoms with Crippen LogP contribution in [-0.2, 0) is 5.67 Å². The fourth-order valence-corrected chi connectivity index (χ4v) is 3.41. The smallest absolute Gasteiger partial charge is 0.265 e. The van der Waals surface area contributed by atoms with Gasteiger partial charge < -0.3 is 0 Å². The van der Waals surface area contributed by atoms with E-state index in [-0.39, 0.29) is 14.5 Å². The van der Waals surface area contributed by atoms with Gasteiger partial charge >= 0.3 is 18.0 Å². The van der Waals surface area contributed by atoms with E-state index >= 15 is 0 Å². The summed E-state index contributed by atoms with van der Waals surface area (Å²) in [6.45, 7) is 0. The molecule has 1 heterocycles. The van der Waals surface area contributed by atoms with E-state index in [1.807, 2.05) is 0 Å². The third-order valence-electron chi connectivity index (χ3n) is 3.11. The van der Waals surface area contributed by atoms with Crippen LogP contribution < -0.4 is 0 Å². The monoisotopic (exact) mass is 478 g/mol. The van der Waals surface area contributed by atoms with Crippen LogP contribution >= 0.6 is 31.9 Å². The van der Waals surface area contributed by atoms with Gasteiger partial charge in [0.15, 0.2) is 0 Å². The van der Waals surface area contributed by atoms with Gasteiger partial charge in [0.25, 0.3) is 0 Å². The maximum Gasteiger partial charge on any atom is 0.435 e. The Kier molecular flexibility index (Phi) is 5.02. The van der Waals surface area contributed by atoms with Crippen molar-refractivity contribution in [2.45, 2.75) is 18.0 Å². The largest absolute Gasteiger partial charge is 0.435 e. The molecule has 24 heavy (non-hydrogen) atoms. The van der Waals surface area contributed by atoms with Crippen molar-refractivity contribution in [2.75, 3.05) is 0 Å². The summed E-state index contributed by atoms with van der Waals surface area (Å²) in [5.41, 5.74) is -7.84. The van der Waals surface area contributed by atoms with Gasteiger partial charge in [0.1, 0.15) is 0 Å². The van der Waals surface area contributed by atoms with Gasteiger partial charge in [-0.15, -0.1) is 0 Å². The Balaban J connectivity index is 2.92. The molecule has 1 radical (unpaired) electrons. The lowest BCUT2D eigenvalue weighted by molar-refractivity contribution is -0.348. The first-order valence-corrected chi connectivity index (χ1v) is 7.62. The SMILES string of the molecule is FC(F)(F)C(F)(c1cc(Br)[c]c(Br)c1-c1ccncc1)C(F)(F)F. The molecule has 0 bridgehead atoms. The molecule has 2 aromatic rings. The predicted octanol–water partition coefficient (Wildman–Crippen LogP) is 6.36. The molecule has 0 fully saturated rings. The lowest BCUT2D eigenvalue weighted by Crippen LogP contribution is -2.50. The number of alkyl halides is 7. The summed E-state index contributed by atoms with van der Waals surface area (Å²) < 4.78 is 92.6. The van der Waals surface area contributed by atoms with Crippen LogP contribution in [0.5, 0.6) is 0 Å². The fourth-order valence-electron chi connectivity index (χ4n) is 2.06. The van der Waals surface area contributed by atoms with Crippen LogP contribution in [0.4, 0.5) is 30.7 Å². The Bertz CT molecular complexity index is 727. The van der Waals surface area contributed by atoms with Gasteiger partial charge in [-0.05, 0) is 39.7 Å². The van der Waals surface area contributed by atoms with Gasteiger partial charge in [-0.3, -0.25) is 4.98 Å².